The number of aromatic nitrogens is 1. The Balaban J connectivity index is 1.57. The van der Waals surface area contributed by atoms with Crippen LogP contribution in [-0.4, -0.2) is 16.8 Å². The van der Waals surface area contributed by atoms with E-state index < -0.39 is 35.7 Å². The molecule has 8 heteroatoms. The quantitative estimate of drug-likeness (QED) is 0.621. The molecule has 0 saturated carbocycles. The van der Waals surface area contributed by atoms with Crippen molar-refractivity contribution >= 4 is 17.5 Å². The summed E-state index contributed by atoms with van der Waals surface area (Å²) in [6, 6.07) is 17.5. The molecule has 0 radical (unpaired) electrons. The fourth-order valence-corrected chi connectivity index (χ4v) is 4.66. The van der Waals surface area contributed by atoms with E-state index in [1.807, 2.05) is 0 Å². The topological polar surface area (TPSA) is 62.3 Å². The average molecular weight is 437 g/mol. The number of benzene rings is 2. The van der Waals surface area contributed by atoms with Crippen LogP contribution in [0.5, 0.6) is 0 Å². The number of rotatable bonds is 3. The van der Waals surface area contributed by atoms with Crippen molar-refractivity contribution in [2.75, 3.05) is 4.90 Å². The summed E-state index contributed by atoms with van der Waals surface area (Å²) < 4.78 is 39.1. The van der Waals surface area contributed by atoms with E-state index in [1.165, 1.54) is 17.0 Å². The van der Waals surface area contributed by atoms with E-state index in [0.29, 0.717) is 16.9 Å². The molecule has 4 atom stereocenters. The largest absolute Gasteiger partial charge is 0.416 e. The van der Waals surface area contributed by atoms with Gasteiger partial charge >= 0.3 is 6.18 Å². The first-order valence-corrected chi connectivity index (χ1v) is 10.1. The molecule has 5 nitrogen and oxygen atoms in total. The van der Waals surface area contributed by atoms with Gasteiger partial charge in [0.1, 0.15) is 0 Å². The number of hydrogen-bond acceptors (Lipinski definition) is 4. The first kappa shape index (κ1) is 20.4. The summed E-state index contributed by atoms with van der Waals surface area (Å²) in [4.78, 5) is 32.4. The van der Waals surface area contributed by atoms with Crippen molar-refractivity contribution < 1.29 is 22.8 Å². The van der Waals surface area contributed by atoms with Crippen LogP contribution in [0, 0.1) is 11.8 Å². The molecule has 2 saturated heterocycles. The molecule has 3 heterocycles. The van der Waals surface area contributed by atoms with Gasteiger partial charge in [0.2, 0.25) is 11.8 Å². The van der Waals surface area contributed by atoms with Crippen LogP contribution in [0.2, 0.25) is 0 Å². The number of fused-ring (bicyclic) bond motifs is 1. The van der Waals surface area contributed by atoms with E-state index in [9.17, 15) is 22.8 Å². The zero-order chi connectivity index (χ0) is 22.5. The summed E-state index contributed by atoms with van der Waals surface area (Å²) in [6.45, 7) is 0. The predicted octanol–water partition coefficient (Wildman–Crippen LogP) is 4.29. The second-order valence-electron chi connectivity index (χ2n) is 7.90. The van der Waals surface area contributed by atoms with E-state index in [2.05, 4.69) is 10.3 Å². The lowest BCUT2D eigenvalue weighted by atomic mass is 9.85. The van der Waals surface area contributed by atoms with E-state index in [1.54, 1.807) is 54.7 Å². The van der Waals surface area contributed by atoms with Crippen molar-refractivity contribution in [2.45, 2.75) is 18.3 Å². The van der Waals surface area contributed by atoms with Gasteiger partial charge in [0.25, 0.3) is 0 Å². The van der Waals surface area contributed by atoms with Crippen molar-refractivity contribution in [3.8, 4) is 0 Å². The number of carbonyl (C=O) groups is 2. The first-order valence-electron chi connectivity index (χ1n) is 10.1. The number of halogens is 3. The molecule has 2 amide bonds. The number of amides is 2. The monoisotopic (exact) mass is 437 g/mol. The Morgan fingerprint density at radius 1 is 0.781 bits per heavy atom. The Kier molecular flexibility index (Phi) is 4.82. The molecule has 5 rings (SSSR count). The van der Waals surface area contributed by atoms with Gasteiger partial charge in [-0.2, -0.15) is 13.2 Å². The Morgan fingerprint density at radius 3 is 2.00 bits per heavy atom. The van der Waals surface area contributed by atoms with Crippen molar-refractivity contribution in [1.82, 2.24) is 10.3 Å². The van der Waals surface area contributed by atoms with Crippen LogP contribution in [0.25, 0.3) is 0 Å². The van der Waals surface area contributed by atoms with E-state index in [4.69, 9.17) is 0 Å². The Hall–Kier alpha value is -3.52. The number of imide groups is 1. The molecule has 1 aromatic heterocycles. The second-order valence-corrected chi connectivity index (χ2v) is 7.90. The van der Waals surface area contributed by atoms with Crippen LogP contribution in [0.15, 0.2) is 79.0 Å². The van der Waals surface area contributed by atoms with Gasteiger partial charge in [0, 0.05) is 12.2 Å². The van der Waals surface area contributed by atoms with Gasteiger partial charge in [-0.3, -0.25) is 14.6 Å². The lowest BCUT2D eigenvalue weighted by Crippen LogP contribution is -2.36. The molecule has 2 aliphatic heterocycles. The molecule has 162 valence electrons. The molecule has 32 heavy (non-hydrogen) atoms. The summed E-state index contributed by atoms with van der Waals surface area (Å²) in [5.41, 5.74) is 0.829. The van der Waals surface area contributed by atoms with Gasteiger partial charge in [-0.25, -0.2) is 4.90 Å². The number of carbonyl (C=O) groups excluding carboxylic acids is 2. The summed E-state index contributed by atoms with van der Waals surface area (Å²) in [5.74, 6) is -2.19. The Labute approximate surface area is 181 Å². The third kappa shape index (κ3) is 3.27. The number of pyridine rings is 1. The molecule has 2 aliphatic rings. The molecular formula is C24H18F3N3O2. The fourth-order valence-electron chi connectivity index (χ4n) is 4.66. The average Bonchev–Trinajstić information content (AvgIpc) is 3.31. The second kappa shape index (κ2) is 7.56. The van der Waals surface area contributed by atoms with Gasteiger partial charge < -0.3 is 5.32 Å². The summed E-state index contributed by atoms with van der Waals surface area (Å²) in [5, 5.41) is 3.30. The predicted molar refractivity (Wildman–Crippen MR) is 110 cm³/mol. The zero-order valence-corrected chi connectivity index (χ0v) is 16.7. The SMILES string of the molecule is O=C1[C@@H]2[C@H](C(=O)N1c1ccccc1)[C@H](c1ccc(C(F)(F)F)cc1)N[C@@H]2c1ccccn1. The lowest BCUT2D eigenvalue weighted by Gasteiger charge is -2.23. The van der Waals surface area contributed by atoms with Crippen LogP contribution < -0.4 is 10.2 Å². The minimum atomic E-state index is -4.45. The van der Waals surface area contributed by atoms with Gasteiger partial charge in [-0.15, -0.1) is 0 Å². The van der Waals surface area contributed by atoms with E-state index >= 15 is 0 Å². The van der Waals surface area contributed by atoms with E-state index in [-0.39, 0.29) is 11.8 Å². The van der Waals surface area contributed by atoms with Gasteiger partial charge in [-0.05, 0) is 42.0 Å². The summed E-state index contributed by atoms with van der Waals surface area (Å²) >= 11 is 0. The summed E-state index contributed by atoms with van der Waals surface area (Å²) in [6.07, 6.45) is -2.85. The standard InChI is InChI=1S/C24H18F3N3O2/c25-24(26,27)15-11-9-14(10-12-15)20-18-19(21(29-20)17-8-4-5-13-28-17)23(32)30(22(18)31)16-6-2-1-3-7-16/h1-13,18-21,29H/t18-,19+,20-,21+/m0/s1. The highest BCUT2D eigenvalue weighted by Crippen LogP contribution is 2.50. The molecule has 0 aliphatic carbocycles. The number of nitrogens with one attached hydrogen (secondary N) is 1. The lowest BCUT2D eigenvalue weighted by molar-refractivity contribution is -0.137. The molecular weight excluding hydrogens is 419 g/mol. The highest BCUT2D eigenvalue weighted by molar-refractivity contribution is 6.22. The maximum absolute atomic E-state index is 13.4. The number of alkyl halides is 3. The molecule has 0 unspecified atom stereocenters. The van der Waals surface area contributed by atoms with Gasteiger partial charge in [-0.1, -0.05) is 36.4 Å². The summed E-state index contributed by atoms with van der Waals surface area (Å²) in [7, 11) is 0. The first-order chi connectivity index (χ1) is 15.4. The molecule has 1 N–H and O–H groups in total. The molecule has 0 spiro atoms. The fraction of sp³-hybridized carbons (Fsp3) is 0.208. The number of nitrogens with zero attached hydrogens (tertiary/aromatic N) is 2. The van der Waals surface area contributed by atoms with Crippen molar-refractivity contribution in [3.63, 3.8) is 0 Å². The van der Waals surface area contributed by atoms with Crippen LogP contribution in [0.3, 0.4) is 0 Å². The zero-order valence-electron chi connectivity index (χ0n) is 16.7. The van der Waals surface area contributed by atoms with Crippen LogP contribution in [0.1, 0.15) is 28.9 Å². The normalized spacial score (nSPS) is 25.3. The van der Waals surface area contributed by atoms with E-state index in [0.717, 1.165) is 12.1 Å². The van der Waals surface area contributed by atoms with Crippen molar-refractivity contribution in [3.05, 3.63) is 95.8 Å². The number of anilines is 1. The maximum atomic E-state index is 13.4. The maximum Gasteiger partial charge on any atom is 0.416 e. The minimum absolute atomic E-state index is 0.344. The molecule has 3 aromatic rings. The third-order valence-electron chi connectivity index (χ3n) is 6.09. The minimum Gasteiger partial charge on any atom is -0.300 e. The van der Waals surface area contributed by atoms with Crippen molar-refractivity contribution in [1.29, 1.82) is 0 Å². The Morgan fingerprint density at radius 2 is 1.41 bits per heavy atom. The smallest absolute Gasteiger partial charge is 0.300 e. The van der Waals surface area contributed by atoms with Gasteiger partial charge in [0.15, 0.2) is 0 Å². The number of hydrogen-bond donors (Lipinski definition) is 1. The highest BCUT2D eigenvalue weighted by atomic mass is 19.4. The van der Waals surface area contributed by atoms with Crippen molar-refractivity contribution in [2.24, 2.45) is 11.8 Å². The highest BCUT2D eigenvalue weighted by Gasteiger charge is 2.60. The van der Waals surface area contributed by atoms with Gasteiger partial charge in [0.05, 0.1) is 34.8 Å². The van der Waals surface area contributed by atoms with Crippen LogP contribution in [0.4, 0.5) is 18.9 Å². The molecule has 0 bridgehead atoms. The molecule has 2 aromatic carbocycles. The Bertz CT molecular complexity index is 1150. The van der Waals surface area contributed by atoms with Crippen LogP contribution in [-0.2, 0) is 15.8 Å². The molecule has 2 fully saturated rings. The third-order valence-corrected chi connectivity index (χ3v) is 6.09. The number of para-hydroxylation sites is 1. The van der Waals surface area contributed by atoms with Crippen LogP contribution >= 0.6 is 0 Å².